The van der Waals surface area contributed by atoms with E-state index in [9.17, 15) is 9.00 Å². The lowest BCUT2D eigenvalue weighted by Crippen LogP contribution is -2.35. The molecule has 1 aromatic carbocycles. The van der Waals surface area contributed by atoms with Crippen molar-refractivity contribution in [2.75, 3.05) is 18.6 Å². The van der Waals surface area contributed by atoms with Gasteiger partial charge in [0.05, 0.1) is 22.8 Å². The SMILES string of the molecule is CCC(C)NC(=O)CS(=O)c1cc(OC)ccc1N. The lowest BCUT2D eigenvalue weighted by atomic mass is 10.3. The molecule has 0 aliphatic heterocycles. The Balaban J connectivity index is 2.75. The van der Waals surface area contributed by atoms with Crippen LogP contribution in [0, 0.1) is 0 Å². The van der Waals surface area contributed by atoms with Crippen LogP contribution < -0.4 is 15.8 Å². The number of hydrogen-bond donors (Lipinski definition) is 2. The summed E-state index contributed by atoms with van der Waals surface area (Å²) in [5.41, 5.74) is 6.17. The van der Waals surface area contributed by atoms with E-state index in [1.54, 1.807) is 18.2 Å². The van der Waals surface area contributed by atoms with E-state index in [1.165, 1.54) is 7.11 Å². The first kappa shape index (κ1) is 15.5. The van der Waals surface area contributed by atoms with Crippen molar-refractivity contribution in [3.05, 3.63) is 18.2 Å². The Hall–Kier alpha value is -1.56. The second-order valence-corrected chi connectivity index (χ2v) is 5.69. The Kier molecular flexibility index (Phi) is 5.82. The Morgan fingerprint density at radius 1 is 1.53 bits per heavy atom. The topological polar surface area (TPSA) is 81.4 Å². The third kappa shape index (κ3) is 4.55. The van der Waals surface area contributed by atoms with E-state index < -0.39 is 10.8 Å². The third-order valence-electron chi connectivity index (χ3n) is 2.75. The van der Waals surface area contributed by atoms with Gasteiger partial charge in [-0.05, 0) is 31.5 Å². The molecule has 19 heavy (non-hydrogen) atoms. The van der Waals surface area contributed by atoms with Crippen LogP contribution in [-0.4, -0.2) is 29.0 Å². The van der Waals surface area contributed by atoms with Crippen molar-refractivity contribution in [1.29, 1.82) is 0 Å². The van der Waals surface area contributed by atoms with Gasteiger partial charge in [-0.2, -0.15) is 0 Å². The maximum atomic E-state index is 12.1. The van der Waals surface area contributed by atoms with Crippen molar-refractivity contribution in [2.24, 2.45) is 0 Å². The number of rotatable bonds is 6. The van der Waals surface area contributed by atoms with Crippen LogP contribution in [0.5, 0.6) is 5.75 Å². The number of benzene rings is 1. The van der Waals surface area contributed by atoms with Crippen molar-refractivity contribution in [3.63, 3.8) is 0 Å². The minimum absolute atomic E-state index is 0.0761. The van der Waals surface area contributed by atoms with Crippen LogP contribution in [0.3, 0.4) is 0 Å². The smallest absolute Gasteiger partial charge is 0.233 e. The molecule has 6 heteroatoms. The summed E-state index contributed by atoms with van der Waals surface area (Å²) in [5.74, 6) is 0.233. The monoisotopic (exact) mass is 284 g/mol. The average Bonchev–Trinajstić information content (AvgIpc) is 2.38. The molecule has 1 rings (SSSR count). The van der Waals surface area contributed by atoms with Crippen LogP contribution >= 0.6 is 0 Å². The van der Waals surface area contributed by atoms with Crippen LogP contribution in [0.1, 0.15) is 20.3 Å². The minimum Gasteiger partial charge on any atom is -0.497 e. The first-order chi connectivity index (χ1) is 8.97. The predicted octanol–water partition coefficient (Wildman–Crippen LogP) is 1.30. The van der Waals surface area contributed by atoms with E-state index in [2.05, 4.69) is 5.32 Å². The molecule has 0 bridgehead atoms. The molecule has 0 heterocycles. The molecule has 2 atom stereocenters. The van der Waals surface area contributed by atoms with E-state index in [4.69, 9.17) is 10.5 Å². The molecule has 2 unspecified atom stereocenters. The summed E-state index contributed by atoms with van der Waals surface area (Å²) in [4.78, 5) is 12.1. The molecule has 5 nitrogen and oxygen atoms in total. The first-order valence-electron chi connectivity index (χ1n) is 6.09. The van der Waals surface area contributed by atoms with Gasteiger partial charge >= 0.3 is 0 Å². The molecule has 0 aliphatic rings. The van der Waals surface area contributed by atoms with Crippen molar-refractivity contribution in [1.82, 2.24) is 5.32 Å². The predicted molar refractivity (Wildman–Crippen MR) is 76.6 cm³/mol. The zero-order valence-corrected chi connectivity index (χ0v) is 12.3. The fraction of sp³-hybridized carbons (Fsp3) is 0.462. The maximum Gasteiger partial charge on any atom is 0.233 e. The van der Waals surface area contributed by atoms with Gasteiger partial charge < -0.3 is 15.8 Å². The summed E-state index contributed by atoms with van der Waals surface area (Å²) in [7, 11) is 0.0493. The normalized spacial score (nSPS) is 13.6. The fourth-order valence-corrected chi connectivity index (χ4v) is 2.51. The summed E-state index contributed by atoms with van der Waals surface area (Å²) >= 11 is 0. The number of nitrogen functional groups attached to an aromatic ring is 1. The van der Waals surface area contributed by atoms with Gasteiger partial charge in [-0.25, -0.2) is 0 Å². The molecule has 0 spiro atoms. The van der Waals surface area contributed by atoms with Gasteiger partial charge in [-0.1, -0.05) is 6.92 Å². The highest BCUT2D eigenvalue weighted by Crippen LogP contribution is 2.22. The molecular weight excluding hydrogens is 264 g/mol. The number of nitrogens with one attached hydrogen (secondary N) is 1. The third-order valence-corrected chi connectivity index (χ3v) is 4.12. The second-order valence-electron chi connectivity index (χ2n) is 4.27. The number of amides is 1. The number of methoxy groups -OCH3 is 1. The zero-order valence-electron chi connectivity index (χ0n) is 11.4. The summed E-state index contributed by atoms with van der Waals surface area (Å²) in [6.07, 6.45) is 0.833. The molecule has 1 amide bonds. The second kappa shape index (κ2) is 7.13. The highest BCUT2D eigenvalue weighted by molar-refractivity contribution is 7.86. The van der Waals surface area contributed by atoms with Gasteiger partial charge in [-0.15, -0.1) is 0 Å². The molecule has 106 valence electrons. The summed E-state index contributed by atoms with van der Waals surface area (Å²) < 4.78 is 17.2. The molecule has 0 aromatic heterocycles. The summed E-state index contributed by atoms with van der Waals surface area (Å²) in [6, 6.07) is 4.99. The van der Waals surface area contributed by atoms with Gasteiger partial charge in [0.15, 0.2) is 0 Å². The van der Waals surface area contributed by atoms with Gasteiger partial charge in [0.1, 0.15) is 11.5 Å². The first-order valence-corrected chi connectivity index (χ1v) is 7.41. The Labute approximate surface area is 116 Å². The van der Waals surface area contributed by atoms with Crippen LogP contribution in [0.2, 0.25) is 0 Å². The molecule has 0 saturated heterocycles. The lowest BCUT2D eigenvalue weighted by Gasteiger charge is -2.12. The quantitative estimate of drug-likeness (QED) is 0.771. The molecular formula is C13H20N2O3S. The van der Waals surface area contributed by atoms with Crippen molar-refractivity contribution in [2.45, 2.75) is 31.2 Å². The standard InChI is InChI=1S/C13H20N2O3S/c1-4-9(2)15-13(16)8-19(17)12-7-10(18-3)5-6-11(12)14/h5-7,9H,4,8,14H2,1-3H3,(H,15,16). The number of carbonyl (C=O) groups is 1. The maximum absolute atomic E-state index is 12.1. The van der Waals surface area contributed by atoms with E-state index in [0.29, 0.717) is 16.3 Å². The number of anilines is 1. The van der Waals surface area contributed by atoms with Gasteiger partial charge in [-0.3, -0.25) is 9.00 Å². The Bertz CT molecular complexity index is 477. The summed E-state index contributed by atoms with van der Waals surface area (Å²) in [6.45, 7) is 3.88. The number of carbonyl (C=O) groups excluding carboxylic acids is 1. The number of ether oxygens (including phenoxy) is 1. The van der Waals surface area contributed by atoms with Crippen molar-refractivity contribution >= 4 is 22.4 Å². The van der Waals surface area contributed by atoms with Gasteiger partial charge in [0.25, 0.3) is 0 Å². The van der Waals surface area contributed by atoms with Crippen molar-refractivity contribution in [3.8, 4) is 5.75 Å². The lowest BCUT2D eigenvalue weighted by molar-refractivity contribution is -0.119. The largest absolute Gasteiger partial charge is 0.497 e. The minimum atomic E-state index is -1.47. The molecule has 0 saturated carbocycles. The van der Waals surface area contributed by atoms with Crippen LogP contribution in [0.4, 0.5) is 5.69 Å². The van der Waals surface area contributed by atoms with E-state index in [-0.39, 0.29) is 17.7 Å². The zero-order chi connectivity index (χ0) is 14.4. The van der Waals surface area contributed by atoms with Crippen LogP contribution in [0.25, 0.3) is 0 Å². The highest BCUT2D eigenvalue weighted by atomic mass is 32.2. The van der Waals surface area contributed by atoms with Gasteiger partial charge in [0.2, 0.25) is 5.91 Å². The molecule has 0 radical (unpaired) electrons. The molecule has 0 aliphatic carbocycles. The van der Waals surface area contributed by atoms with Crippen LogP contribution in [-0.2, 0) is 15.6 Å². The highest BCUT2D eigenvalue weighted by Gasteiger charge is 2.15. The molecule has 1 aromatic rings. The summed E-state index contributed by atoms with van der Waals surface area (Å²) in [5, 5.41) is 2.77. The molecule has 3 N–H and O–H groups in total. The van der Waals surface area contributed by atoms with E-state index >= 15 is 0 Å². The van der Waals surface area contributed by atoms with Gasteiger partial charge in [0, 0.05) is 11.7 Å². The van der Waals surface area contributed by atoms with E-state index in [0.717, 1.165) is 6.42 Å². The van der Waals surface area contributed by atoms with Crippen molar-refractivity contribution < 1.29 is 13.7 Å². The number of nitrogens with two attached hydrogens (primary N) is 1. The molecule has 0 fully saturated rings. The van der Waals surface area contributed by atoms with Crippen LogP contribution in [0.15, 0.2) is 23.1 Å². The average molecular weight is 284 g/mol. The van der Waals surface area contributed by atoms with E-state index in [1.807, 2.05) is 13.8 Å². The fourth-order valence-electron chi connectivity index (χ4n) is 1.45. The Morgan fingerprint density at radius 3 is 2.79 bits per heavy atom. The number of hydrogen-bond acceptors (Lipinski definition) is 4. The Morgan fingerprint density at radius 2 is 2.21 bits per heavy atom.